The molecule has 8 nitrogen and oxygen atoms in total. The number of nitrogens with zero attached hydrogens (tertiary/aromatic N) is 1. The van der Waals surface area contributed by atoms with Crippen molar-refractivity contribution in [3.05, 3.63) is 12.2 Å². The third-order valence-electron chi connectivity index (χ3n) is 6.19. The first-order chi connectivity index (χ1) is 12.4. The predicted octanol–water partition coefficient (Wildman–Crippen LogP) is 0.0768. The molecule has 1 saturated heterocycles. The third kappa shape index (κ3) is 2.87. The number of rotatable bonds is 5. The molecule has 142 valence electrons. The standard InChI is InChI=1S/C17H23N3O5S/c21-13(18-19-26(24,25)12-4-2-1-3-5-12)9-20-16(22)14-10-6-7-11(8-10)15(14)17(20)23/h6-7,10-12,14-15,19H,1-5,8-9H2,(H,18,21)/t10-,11-,14+,15+/m0/s1. The second kappa shape index (κ2) is 6.45. The number of likely N-dealkylation sites (tertiary alicyclic amines) is 1. The van der Waals surface area contributed by atoms with Gasteiger partial charge in [0.05, 0.1) is 17.1 Å². The molecule has 0 unspecified atom stereocenters. The highest BCUT2D eigenvalue weighted by Crippen LogP contribution is 2.52. The average Bonchev–Trinajstić information content (AvgIpc) is 3.31. The number of carbonyl (C=O) groups is 3. The highest BCUT2D eigenvalue weighted by Gasteiger charge is 2.59. The smallest absolute Gasteiger partial charge is 0.255 e. The van der Waals surface area contributed by atoms with Crippen molar-refractivity contribution in [1.29, 1.82) is 0 Å². The van der Waals surface area contributed by atoms with Gasteiger partial charge in [0, 0.05) is 0 Å². The normalized spacial score (nSPS) is 33.8. The number of nitrogens with one attached hydrogen (secondary N) is 2. The summed E-state index contributed by atoms with van der Waals surface area (Å²) < 4.78 is 24.5. The molecule has 0 aromatic rings. The van der Waals surface area contributed by atoms with Crippen molar-refractivity contribution in [1.82, 2.24) is 15.2 Å². The number of amides is 3. The van der Waals surface area contributed by atoms with Gasteiger partial charge in [-0.05, 0) is 31.1 Å². The Morgan fingerprint density at radius 1 is 1.04 bits per heavy atom. The highest BCUT2D eigenvalue weighted by atomic mass is 32.2. The minimum absolute atomic E-state index is 0.0827. The second-order valence-electron chi connectivity index (χ2n) is 7.72. The maximum Gasteiger partial charge on any atom is 0.255 e. The zero-order valence-electron chi connectivity index (χ0n) is 14.4. The van der Waals surface area contributed by atoms with Crippen molar-refractivity contribution in [3.63, 3.8) is 0 Å². The van der Waals surface area contributed by atoms with Gasteiger partial charge in [0.15, 0.2) is 0 Å². The van der Waals surface area contributed by atoms with Crippen LogP contribution in [0.2, 0.25) is 0 Å². The first kappa shape index (κ1) is 17.7. The van der Waals surface area contributed by atoms with Crippen LogP contribution in [0.25, 0.3) is 0 Å². The lowest BCUT2D eigenvalue weighted by Crippen LogP contribution is -2.50. The highest BCUT2D eigenvalue weighted by molar-refractivity contribution is 7.90. The van der Waals surface area contributed by atoms with Crippen molar-refractivity contribution in [2.45, 2.75) is 43.8 Å². The Labute approximate surface area is 152 Å². The lowest BCUT2D eigenvalue weighted by atomic mass is 9.85. The summed E-state index contributed by atoms with van der Waals surface area (Å²) in [6, 6.07) is 0. The zero-order valence-corrected chi connectivity index (χ0v) is 15.2. The molecule has 0 aromatic heterocycles. The average molecular weight is 381 g/mol. The Morgan fingerprint density at radius 3 is 2.19 bits per heavy atom. The molecule has 1 heterocycles. The van der Waals surface area contributed by atoms with Crippen LogP contribution in [0.1, 0.15) is 38.5 Å². The summed E-state index contributed by atoms with van der Waals surface area (Å²) >= 11 is 0. The van der Waals surface area contributed by atoms with E-state index in [1.54, 1.807) is 0 Å². The number of allylic oxidation sites excluding steroid dienone is 2. The Bertz CT molecular complexity index is 741. The van der Waals surface area contributed by atoms with Crippen molar-refractivity contribution >= 4 is 27.7 Å². The summed E-state index contributed by atoms with van der Waals surface area (Å²) in [5.74, 6) is -1.89. The monoisotopic (exact) mass is 381 g/mol. The summed E-state index contributed by atoms with van der Waals surface area (Å²) in [5.41, 5.74) is 2.15. The van der Waals surface area contributed by atoms with Crippen molar-refractivity contribution in [2.75, 3.05) is 6.54 Å². The first-order valence-electron chi connectivity index (χ1n) is 9.21. The van der Waals surface area contributed by atoms with Gasteiger partial charge in [-0.1, -0.05) is 31.4 Å². The number of imide groups is 1. The molecule has 3 fully saturated rings. The molecule has 3 amide bonds. The third-order valence-corrected chi connectivity index (χ3v) is 7.92. The number of hydrogen-bond donors (Lipinski definition) is 2. The molecule has 0 aromatic carbocycles. The summed E-state index contributed by atoms with van der Waals surface area (Å²) in [6.45, 7) is -0.447. The topological polar surface area (TPSA) is 113 Å². The van der Waals surface area contributed by atoms with E-state index >= 15 is 0 Å². The molecule has 0 spiro atoms. The van der Waals surface area contributed by atoms with Crippen molar-refractivity contribution < 1.29 is 22.8 Å². The second-order valence-corrected chi connectivity index (χ2v) is 9.68. The molecule has 26 heavy (non-hydrogen) atoms. The van der Waals surface area contributed by atoms with E-state index in [1.807, 2.05) is 12.2 Å². The van der Waals surface area contributed by atoms with Gasteiger partial charge in [0.25, 0.3) is 5.91 Å². The Morgan fingerprint density at radius 2 is 1.62 bits per heavy atom. The maximum absolute atomic E-state index is 12.5. The van der Waals surface area contributed by atoms with Gasteiger partial charge in [0.1, 0.15) is 6.54 Å². The van der Waals surface area contributed by atoms with Crippen LogP contribution in [-0.2, 0) is 24.4 Å². The van der Waals surface area contributed by atoms with Gasteiger partial charge in [-0.3, -0.25) is 24.7 Å². The van der Waals surface area contributed by atoms with E-state index in [0.29, 0.717) is 12.8 Å². The molecule has 0 radical (unpaired) electrons. The van der Waals surface area contributed by atoms with Gasteiger partial charge in [-0.15, -0.1) is 4.83 Å². The van der Waals surface area contributed by atoms with Crippen LogP contribution >= 0.6 is 0 Å². The van der Waals surface area contributed by atoms with Crippen LogP contribution in [-0.4, -0.2) is 42.8 Å². The summed E-state index contributed by atoms with van der Waals surface area (Å²) in [6.07, 6.45) is 8.69. The van der Waals surface area contributed by atoms with Crippen molar-refractivity contribution in [3.8, 4) is 0 Å². The zero-order chi connectivity index (χ0) is 18.5. The SMILES string of the molecule is O=C(CN1C(=O)[C@H]2[C@H](C1=O)[C@H]1C=C[C@H]2C1)NNS(=O)(=O)C1CCCCC1. The van der Waals surface area contributed by atoms with E-state index in [9.17, 15) is 22.8 Å². The van der Waals surface area contributed by atoms with Gasteiger partial charge < -0.3 is 0 Å². The molecule has 2 N–H and O–H groups in total. The Hall–Kier alpha value is -1.74. The van der Waals surface area contributed by atoms with Crippen LogP contribution in [0.3, 0.4) is 0 Å². The van der Waals surface area contributed by atoms with Crippen LogP contribution in [0, 0.1) is 23.7 Å². The molecule has 2 bridgehead atoms. The van der Waals surface area contributed by atoms with Crippen LogP contribution < -0.4 is 10.3 Å². The quantitative estimate of drug-likeness (QED) is 0.398. The van der Waals surface area contributed by atoms with Gasteiger partial charge >= 0.3 is 0 Å². The summed E-state index contributed by atoms with van der Waals surface area (Å²) in [4.78, 5) is 40.3. The van der Waals surface area contributed by atoms with Gasteiger partial charge in [-0.25, -0.2) is 8.42 Å². The van der Waals surface area contributed by atoms with Crippen molar-refractivity contribution in [2.24, 2.45) is 23.7 Å². The lowest BCUT2D eigenvalue weighted by molar-refractivity contribution is -0.144. The molecule has 3 aliphatic carbocycles. The minimum Gasteiger partial charge on any atom is -0.276 e. The fourth-order valence-electron chi connectivity index (χ4n) is 4.89. The molecule has 9 heteroatoms. The van der Waals surface area contributed by atoms with E-state index in [2.05, 4.69) is 10.3 Å². The molecular weight excluding hydrogens is 358 g/mol. The van der Waals surface area contributed by atoms with E-state index < -0.39 is 27.7 Å². The molecule has 4 rings (SSSR count). The van der Waals surface area contributed by atoms with Gasteiger partial charge in [0.2, 0.25) is 21.8 Å². The number of carbonyl (C=O) groups excluding carboxylic acids is 3. The Kier molecular flexibility index (Phi) is 4.38. The molecule has 4 aliphatic rings. The Balaban J connectivity index is 1.34. The largest absolute Gasteiger partial charge is 0.276 e. The summed E-state index contributed by atoms with van der Waals surface area (Å²) in [5, 5.41) is -0.507. The van der Waals surface area contributed by atoms with Gasteiger partial charge in [-0.2, -0.15) is 0 Å². The number of sulfonamides is 1. The number of fused-ring (bicyclic) bond motifs is 5. The van der Waals surface area contributed by atoms with Crippen LogP contribution in [0.15, 0.2) is 12.2 Å². The van der Waals surface area contributed by atoms with Crippen LogP contribution in [0.4, 0.5) is 0 Å². The maximum atomic E-state index is 12.5. The van der Waals surface area contributed by atoms with E-state index in [-0.39, 0.29) is 35.5 Å². The molecular formula is C17H23N3O5S. The fourth-order valence-corrected chi connectivity index (χ4v) is 6.27. The first-order valence-corrected chi connectivity index (χ1v) is 10.8. The molecule has 2 saturated carbocycles. The predicted molar refractivity (Wildman–Crippen MR) is 91.5 cm³/mol. The van der Waals surface area contributed by atoms with E-state index in [4.69, 9.17) is 0 Å². The van der Waals surface area contributed by atoms with E-state index in [1.165, 1.54) is 0 Å². The molecule has 4 atom stereocenters. The summed E-state index contributed by atoms with van der Waals surface area (Å²) in [7, 11) is -3.64. The van der Waals surface area contributed by atoms with E-state index in [0.717, 1.165) is 30.6 Å². The number of hydrazine groups is 1. The number of hydrogen-bond acceptors (Lipinski definition) is 5. The lowest BCUT2D eigenvalue weighted by Gasteiger charge is -2.22. The minimum atomic E-state index is -3.64. The van der Waals surface area contributed by atoms with Crippen LogP contribution in [0.5, 0.6) is 0 Å². The fraction of sp³-hybridized carbons (Fsp3) is 0.706. The molecule has 1 aliphatic heterocycles.